The first kappa shape index (κ1) is 23.0. The number of rotatable bonds is 7. The third-order valence-electron chi connectivity index (χ3n) is 4.39. The summed E-state index contributed by atoms with van der Waals surface area (Å²) in [5, 5.41) is 2.83. The van der Waals surface area contributed by atoms with Crippen LogP contribution in [0, 0.1) is 12.7 Å². The van der Waals surface area contributed by atoms with Gasteiger partial charge in [0.05, 0.1) is 17.3 Å². The molecule has 4 nitrogen and oxygen atoms in total. The summed E-state index contributed by atoms with van der Waals surface area (Å²) in [5.74, 6) is 0.325. The van der Waals surface area contributed by atoms with Crippen LogP contribution in [0.2, 0.25) is 0 Å². The molecule has 3 rings (SSSR count). The van der Waals surface area contributed by atoms with Crippen LogP contribution in [-0.4, -0.2) is 13.0 Å². The molecule has 1 amide bonds. The lowest BCUT2D eigenvalue weighted by Gasteiger charge is -2.14. The van der Waals surface area contributed by atoms with Crippen molar-refractivity contribution in [3.8, 4) is 11.5 Å². The number of methoxy groups -OCH3 is 1. The maximum Gasteiger partial charge on any atom is 0.248 e. The predicted octanol–water partition coefficient (Wildman–Crippen LogP) is 6.90. The van der Waals surface area contributed by atoms with Crippen molar-refractivity contribution in [1.29, 1.82) is 0 Å². The second kappa shape index (κ2) is 10.6. The Bertz CT molecular complexity index is 1130. The van der Waals surface area contributed by atoms with Gasteiger partial charge < -0.3 is 14.8 Å². The summed E-state index contributed by atoms with van der Waals surface area (Å²) in [7, 11) is 1.52. The fourth-order valence-corrected chi connectivity index (χ4v) is 3.98. The Hall–Kier alpha value is -2.64. The molecule has 0 aromatic heterocycles. The van der Waals surface area contributed by atoms with E-state index in [4.69, 9.17) is 9.47 Å². The number of amides is 1. The Balaban J connectivity index is 1.72. The number of anilines is 1. The molecule has 31 heavy (non-hydrogen) atoms. The minimum absolute atomic E-state index is 0.0602. The molecule has 1 N–H and O–H groups in total. The number of halogens is 3. The molecule has 3 aromatic rings. The van der Waals surface area contributed by atoms with Gasteiger partial charge in [0.1, 0.15) is 12.4 Å². The van der Waals surface area contributed by atoms with E-state index >= 15 is 0 Å². The van der Waals surface area contributed by atoms with Crippen molar-refractivity contribution in [3.05, 3.63) is 92.1 Å². The van der Waals surface area contributed by atoms with Crippen molar-refractivity contribution in [3.63, 3.8) is 0 Å². The van der Waals surface area contributed by atoms with Crippen molar-refractivity contribution >= 4 is 49.5 Å². The summed E-state index contributed by atoms with van der Waals surface area (Å²) in [5.41, 5.74) is 2.96. The quantitative estimate of drug-likeness (QED) is 0.327. The van der Waals surface area contributed by atoms with Crippen LogP contribution < -0.4 is 14.8 Å². The molecule has 0 aliphatic heterocycles. The molecule has 0 aliphatic rings. The van der Waals surface area contributed by atoms with Gasteiger partial charge in [-0.05, 0) is 86.3 Å². The van der Waals surface area contributed by atoms with E-state index in [1.807, 2.05) is 25.1 Å². The van der Waals surface area contributed by atoms with E-state index < -0.39 is 0 Å². The Labute approximate surface area is 197 Å². The molecule has 0 heterocycles. The van der Waals surface area contributed by atoms with E-state index in [2.05, 4.69) is 37.2 Å². The highest BCUT2D eigenvalue weighted by Crippen LogP contribution is 2.37. The molecule has 0 spiro atoms. The number of ether oxygens (including phenoxy) is 2. The zero-order valence-electron chi connectivity index (χ0n) is 16.9. The molecule has 0 bridgehead atoms. The molecule has 160 valence electrons. The molecular weight excluding hydrogens is 529 g/mol. The highest BCUT2D eigenvalue weighted by atomic mass is 79.9. The number of aryl methyl sites for hydroxylation is 1. The Morgan fingerprint density at radius 1 is 1.10 bits per heavy atom. The predicted molar refractivity (Wildman–Crippen MR) is 128 cm³/mol. The van der Waals surface area contributed by atoms with E-state index in [0.29, 0.717) is 27.2 Å². The Morgan fingerprint density at radius 3 is 2.58 bits per heavy atom. The smallest absolute Gasteiger partial charge is 0.248 e. The molecule has 0 saturated carbocycles. The van der Waals surface area contributed by atoms with E-state index in [1.54, 1.807) is 36.4 Å². The summed E-state index contributed by atoms with van der Waals surface area (Å²) in [4.78, 5) is 12.3. The molecular formula is C24H20Br2FNO3. The van der Waals surface area contributed by atoms with Crippen LogP contribution in [-0.2, 0) is 11.4 Å². The van der Waals surface area contributed by atoms with Crippen LogP contribution in [0.5, 0.6) is 11.5 Å². The van der Waals surface area contributed by atoms with Gasteiger partial charge in [-0.3, -0.25) is 4.79 Å². The first-order chi connectivity index (χ1) is 14.9. The van der Waals surface area contributed by atoms with Gasteiger partial charge in [0, 0.05) is 16.1 Å². The van der Waals surface area contributed by atoms with Gasteiger partial charge in [-0.2, -0.15) is 0 Å². The highest BCUT2D eigenvalue weighted by molar-refractivity contribution is 9.11. The van der Waals surface area contributed by atoms with Gasteiger partial charge in [-0.1, -0.05) is 24.3 Å². The van der Waals surface area contributed by atoms with Crippen LogP contribution in [0.4, 0.5) is 10.1 Å². The first-order valence-electron chi connectivity index (χ1n) is 9.36. The van der Waals surface area contributed by atoms with Gasteiger partial charge in [0.15, 0.2) is 11.5 Å². The molecule has 0 atom stereocenters. The fourth-order valence-electron chi connectivity index (χ4n) is 2.81. The van der Waals surface area contributed by atoms with Crippen molar-refractivity contribution < 1.29 is 18.7 Å². The molecule has 3 aromatic carbocycles. The summed E-state index contributed by atoms with van der Waals surface area (Å²) >= 11 is 6.91. The van der Waals surface area contributed by atoms with E-state index in [1.165, 1.54) is 19.3 Å². The van der Waals surface area contributed by atoms with Crippen molar-refractivity contribution in [2.45, 2.75) is 13.5 Å². The lowest BCUT2D eigenvalue weighted by Crippen LogP contribution is -2.08. The zero-order valence-corrected chi connectivity index (χ0v) is 20.1. The molecule has 0 fully saturated rings. The fraction of sp³-hybridized carbons (Fsp3) is 0.125. The van der Waals surface area contributed by atoms with Gasteiger partial charge >= 0.3 is 0 Å². The van der Waals surface area contributed by atoms with Crippen LogP contribution in [0.15, 0.2) is 69.6 Å². The van der Waals surface area contributed by atoms with Crippen molar-refractivity contribution in [2.75, 3.05) is 12.4 Å². The van der Waals surface area contributed by atoms with Crippen LogP contribution in [0.1, 0.15) is 16.7 Å². The largest absolute Gasteiger partial charge is 0.493 e. The molecule has 0 radical (unpaired) electrons. The number of hydrogen-bond acceptors (Lipinski definition) is 3. The third-order valence-corrected chi connectivity index (χ3v) is 5.64. The molecule has 0 saturated heterocycles. The summed E-state index contributed by atoms with van der Waals surface area (Å²) in [6, 6.07) is 15.7. The summed E-state index contributed by atoms with van der Waals surface area (Å²) in [6.45, 7) is 2.04. The Kier molecular flexibility index (Phi) is 7.87. The molecule has 0 unspecified atom stereocenters. The number of carbonyl (C=O) groups excluding carboxylic acids is 1. The normalized spacial score (nSPS) is 10.9. The summed E-state index contributed by atoms with van der Waals surface area (Å²) in [6.07, 6.45) is 3.11. The molecule has 7 heteroatoms. The Morgan fingerprint density at radius 2 is 1.87 bits per heavy atom. The number of carbonyl (C=O) groups is 1. The second-order valence-electron chi connectivity index (χ2n) is 6.72. The van der Waals surface area contributed by atoms with Crippen LogP contribution >= 0.6 is 31.9 Å². The van der Waals surface area contributed by atoms with Crippen molar-refractivity contribution in [1.82, 2.24) is 0 Å². The van der Waals surface area contributed by atoms with Gasteiger partial charge in [0.25, 0.3) is 0 Å². The molecule has 0 aliphatic carbocycles. The maximum atomic E-state index is 13.8. The van der Waals surface area contributed by atoms with Crippen LogP contribution in [0.3, 0.4) is 0 Å². The van der Waals surface area contributed by atoms with E-state index in [9.17, 15) is 9.18 Å². The maximum absolute atomic E-state index is 13.8. The second-order valence-corrected chi connectivity index (χ2v) is 8.43. The topological polar surface area (TPSA) is 47.6 Å². The first-order valence-corrected chi connectivity index (χ1v) is 10.9. The number of benzene rings is 3. The van der Waals surface area contributed by atoms with Gasteiger partial charge in [0.2, 0.25) is 5.91 Å². The van der Waals surface area contributed by atoms with Gasteiger partial charge in [-0.25, -0.2) is 4.39 Å². The third kappa shape index (κ3) is 6.18. The zero-order chi connectivity index (χ0) is 22.4. The van der Waals surface area contributed by atoms with E-state index in [0.717, 1.165) is 15.6 Å². The average Bonchev–Trinajstić information content (AvgIpc) is 2.74. The monoisotopic (exact) mass is 547 g/mol. The minimum Gasteiger partial charge on any atom is -0.493 e. The summed E-state index contributed by atoms with van der Waals surface area (Å²) < 4.78 is 26.5. The lowest BCUT2D eigenvalue weighted by atomic mass is 10.1. The highest BCUT2D eigenvalue weighted by Gasteiger charge is 2.13. The average molecular weight is 549 g/mol. The standard InChI is InChI=1S/C24H20Br2FNO3/c1-15-7-9-21(18(25)11-15)28-23(29)10-8-16-12-19(26)24(22(13-16)30-2)31-14-17-5-3-4-6-20(17)27/h3-13H,14H2,1-2H3,(H,28,29)/b10-8+. The number of nitrogens with one attached hydrogen (secondary N) is 1. The van der Waals surface area contributed by atoms with Gasteiger partial charge in [-0.15, -0.1) is 0 Å². The van der Waals surface area contributed by atoms with Crippen molar-refractivity contribution in [2.24, 2.45) is 0 Å². The van der Waals surface area contributed by atoms with Crippen LogP contribution in [0.25, 0.3) is 6.08 Å². The number of hydrogen-bond donors (Lipinski definition) is 1. The lowest BCUT2D eigenvalue weighted by molar-refractivity contribution is -0.111. The minimum atomic E-state index is -0.330. The SMILES string of the molecule is COc1cc(/C=C/C(=O)Nc2ccc(C)cc2Br)cc(Br)c1OCc1ccccc1F. The van der Waals surface area contributed by atoms with E-state index in [-0.39, 0.29) is 18.3 Å².